The Balaban J connectivity index is 2.23. The van der Waals surface area contributed by atoms with Crippen molar-refractivity contribution in [1.82, 2.24) is 4.98 Å². The minimum absolute atomic E-state index is 0.0844. The van der Waals surface area contributed by atoms with E-state index >= 15 is 0 Å². The van der Waals surface area contributed by atoms with Crippen molar-refractivity contribution in [1.29, 1.82) is 0 Å². The fraction of sp³-hybridized carbons (Fsp3) is 0.111. The van der Waals surface area contributed by atoms with Crippen molar-refractivity contribution in [2.75, 3.05) is 19.1 Å². The third-order valence-corrected chi connectivity index (χ3v) is 4.39. The van der Waals surface area contributed by atoms with Crippen LogP contribution in [0.25, 0.3) is 10.9 Å². The van der Waals surface area contributed by atoms with E-state index < -0.39 is 11.9 Å². The Morgan fingerprint density at radius 2 is 1.88 bits per heavy atom. The molecule has 6 nitrogen and oxygen atoms in total. The average Bonchev–Trinajstić information content (AvgIpc) is 2.99. The van der Waals surface area contributed by atoms with Gasteiger partial charge in [0.05, 0.1) is 25.3 Å². The van der Waals surface area contributed by atoms with Crippen LogP contribution in [0.3, 0.4) is 0 Å². The minimum atomic E-state index is -0.637. The summed E-state index contributed by atoms with van der Waals surface area (Å²) < 4.78 is 10.5. The first-order valence-electron chi connectivity index (χ1n) is 7.38. The first-order valence-corrected chi connectivity index (χ1v) is 8.17. The molecular formula is C18H15BrN2O4. The monoisotopic (exact) mass is 402 g/mol. The van der Waals surface area contributed by atoms with Gasteiger partial charge in [0.2, 0.25) is 0 Å². The fourth-order valence-corrected chi connectivity index (χ4v) is 3.19. The molecule has 1 aliphatic rings. The van der Waals surface area contributed by atoms with Crippen LogP contribution >= 0.6 is 15.9 Å². The topological polar surface area (TPSA) is 71.6 Å². The first kappa shape index (κ1) is 17.0. The number of anilines is 1. The number of H-pyrrole nitrogens is 1. The standard InChI is InChI=1S/C18H15BrN2O4/c1-24-17(22)13-5-3-4-8-21(16(13)18(23)25-2)12-9-11-6-7-20-15(11)14(19)10-12/h3-10,20H,1-2H3. The van der Waals surface area contributed by atoms with Crippen molar-refractivity contribution in [2.24, 2.45) is 0 Å². The third-order valence-electron chi connectivity index (χ3n) is 3.76. The lowest BCUT2D eigenvalue weighted by Crippen LogP contribution is -2.26. The summed E-state index contributed by atoms with van der Waals surface area (Å²) in [5.41, 5.74) is 1.84. The molecule has 0 atom stereocenters. The van der Waals surface area contributed by atoms with Gasteiger partial charge >= 0.3 is 11.9 Å². The Labute approximate surface area is 152 Å². The number of fused-ring (bicyclic) bond motifs is 1. The molecule has 0 saturated heterocycles. The van der Waals surface area contributed by atoms with E-state index in [1.807, 2.05) is 24.4 Å². The number of nitrogens with zero attached hydrogens (tertiary/aromatic N) is 1. The molecule has 0 fully saturated rings. The van der Waals surface area contributed by atoms with Gasteiger partial charge in [-0.2, -0.15) is 0 Å². The maximum atomic E-state index is 12.4. The minimum Gasteiger partial charge on any atom is -0.465 e. The number of methoxy groups -OCH3 is 2. The van der Waals surface area contributed by atoms with Crippen LogP contribution in [0.15, 0.2) is 64.6 Å². The predicted octanol–water partition coefficient (Wildman–Crippen LogP) is 3.42. The van der Waals surface area contributed by atoms with E-state index in [9.17, 15) is 9.59 Å². The number of hydrogen-bond donors (Lipinski definition) is 1. The molecule has 0 unspecified atom stereocenters. The second-order valence-electron chi connectivity index (χ2n) is 5.19. The van der Waals surface area contributed by atoms with Gasteiger partial charge in [0.1, 0.15) is 5.70 Å². The van der Waals surface area contributed by atoms with Gasteiger partial charge in [-0.05, 0) is 46.3 Å². The van der Waals surface area contributed by atoms with E-state index in [4.69, 9.17) is 9.47 Å². The Morgan fingerprint density at radius 3 is 2.60 bits per heavy atom. The molecule has 0 saturated carbocycles. The largest absolute Gasteiger partial charge is 0.465 e. The molecule has 1 aliphatic heterocycles. The lowest BCUT2D eigenvalue weighted by molar-refractivity contribution is -0.139. The summed E-state index contributed by atoms with van der Waals surface area (Å²) in [6.45, 7) is 0. The van der Waals surface area contributed by atoms with Crippen LogP contribution in [0, 0.1) is 0 Å². The number of benzene rings is 1. The zero-order valence-electron chi connectivity index (χ0n) is 13.6. The molecule has 0 bridgehead atoms. The molecule has 128 valence electrons. The summed E-state index contributed by atoms with van der Waals surface area (Å²) >= 11 is 3.52. The van der Waals surface area contributed by atoms with Crippen molar-refractivity contribution in [3.63, 3.8) is 0 Å². The van der Waals surface area contributed by atoms with Crippen molar-refractivity contribution in [3.05, 3.63) is 64.6 Å². The number of halogens is 1. The first-order chi connectivity index (χ1) is 12.1. The molecule has 0 amide bonds. The molecular weight excluding hydrogens is 388 g/mol. The number of nitrogens with one attached hydrogen (secondary N) is 1. The quantitative estimate of drug-likeness (QED) is 0.796. The number of allylic oxidation sites excluding steroid dienone is 2. The number of aromatic nitrogens is 1. The van der Waals surface area contributed by atoms with Gasteiger partial charge in [0, 0.05) is 27.9 Å². The van der Waals surface area contributed by atoms with E-state index in [0.29, 0.717) is 5.69 Å². The molecule has 2 heterocycles. The highest BCUT2D eigenvalue weighted by atomic mass is 79.9. The van der Waals surface area contributed by atoms with Gasteiger partial charge in [-0.3, -0.25) is 0 Å². The fourth-order valence-electron chi connectivity index (χ4n) is 2.62. The summed E-state index contributed by atoms with van der Waals surface area (Å²) in [5.74, 6) is -1.26. The van der Waals surface area contributed by atoms with Crippen molar-refractivity contribution < 1.29 is 19.1 Å². The summed E-state index contributed by atoms with van der Waals surface area (Å²) in [7, 11) is 2.54. The maximum Gasteiger partial charge on any atom is 0.355 e. The SMILES string of the molecule is COC(=O)C1=C(C(=O)OC)N(c2cc(Br)c3[nH]ccc3c2)C=CC=C1. The van der Waals surface area contributed by atoms with Crippen LogP contribution in [-0.4, -0.2) is 31.1 Å². The van der Waals surface area contributed by atoms with Gasteiger partial charge in [-0.1, -0.05) is 6.08 Å². The number of hydrogen-bond acceptors (Lipinski definition) is 5. The van der Waals surface area contributed by atoms with E-state index in [1.54, 1.807) is 23.3 Å². The Morgan fingerprint density at radius 1 is 1.12 bits per heavy atom. The highest BCUT2D eigenvalue weighted by Gasteiger charge is 2.27. The van der Waals surface area contributed by atoms with Crippen LogP contribution < -0.4 is 4.90 Å². The van der Waals surface area contributed by atoms with E-state index in [-0.39, 0.29) is 11.3 Å². The third kappa shape index (κ3) is 3.10. The Kier molecular flexibility index (Phi) is 4.76. The summed E-state index contributed by atoms with van der Waals surface area (Å²) in [4.78, 5) is 29.3. The van der Waals surface area contributed by atoms with Gasteiger partial charge < -0.3 is 19.4 Å². The molecule has 25 heavy (non-hydrogen) atoms. The van der Waals surface area contributed by atoms with Crippen LogP contribution in [0.1, 0.15) is 0 Å². The van der Waals surface area contributed by atoms with Gasteiger partial charge in [0.15, 0.2) is 0 Å². The van der Waals surface area contributed by atoms with Gasteiger partial charge in [0.25, 0.3) is 0 Å². The second-order valence-corrected chi connectivity index (χ2v) is 6.04. The van der Waals surface area contributed by atoms with E-state index in [1.165, 1.54) is 20.3 Å². The molecule has 7 heteroatoms. The summed E-state index contributed by atoms with van der Waals surface area (Å²) in [6, 6.07) is 5.68. The van der Waals surface area contributed by atoms with Crippen LogP contribution in [0.5, 0.6) is 0 Å². The molecule has 1 N–H and O–H groups in total. The normalized spacial score (nSPS) is 14.0. The van der Waals surface area contributed by atoms with Crippen LogP contribution in [-0.2, 0) is 19.1 Å². The summed E-state index contributed by atoms with van der Waals surface area (Å²) in [5, 5.41) is 0.957. The van der Waals surface area contributed by atoms with Crippen molar-refractivity contribution in [3.8, 4) is 0 Å². The highest BCUT2D eigenvalue weighted by molar-refractivity contribution is 9.10. The molecule has 1 aromatic heterocycles. The number of carbonyl (C=O) groups is 2. The Bertz CT molecular complexity index is 940. The average molecular weight is 403 g/mol. The van der Waals surface area contributed by atoms with Crippen molar-refractivity contribution in [2.45, 2.75) is 0 Å². The zero-order valence-corrected chi connectivity index (χ0v) is 15.2. The van der Waals surface area contributed by atoms with Crippen molar-refractivity contribution >= 4 is 44.5 Å². The van der Waals surface area contributed by atoms with Crippen LogP contribution in [0.2, 0.25) is 0 Å². The highest BCUT2D eigenvalue weighted by Crippen LogP contribution is 2.33. The smallest absolute Gasteiger partial charge is 0.355 e. The summed E-state index contributed by atoms with van der Waals surface area (Å²) in [6.07, 6.45) is 8.44. The van der Waals surface area contributed by atoms with E-state index in [0.717, 1.165) is 15.4 Å². The zero-order chi connectivity index (χ0) is 18.0. The Hall–Kier alpha value is -2.80. The van der Waals surface area contributed by atoms with Crippen LogP contribution in [0.4, 0.5) is 5.69 Å². The molecule has 1 aromatic carbocycles. The lowest BCUT2D eigenvalue weighted by atomic mass is 10.1. The number of ether oxygens (including phenoxy) is 2. The van der Waals surface area contributed by atoms with E-state index in [2.05, 4.69) is 20.9 Å². The predicted molar refractivity (Wildman–Crippen MR) is 97.8 cm³/mol. The number of esters is 2. The molecule has 0 spiro atoms. The number of carbonyl (C=O) groups excluding carboxylic acids is 2. The maximum absolute atomic E-state index is 12.4. The lowest BCUT2D eigenvalue weighted by Gasteiger charge is -2.23. The molecule has 3 rings (SSSR count). The molecule has 0 radical (unpaired) electrons. The molecule has 0 aliphatic carbocycles. The van der Waals surface area contributed by atoms with Gasteiger partial charge in [-0.25, -0.2) is 9.59 Å². The number of rotatable bonds is 3. The number of aromatic amines is 1. The van der Waals surface area contributed by atoms with Gasteiger partial charge in [-0.15, -0.1) is 0 Å². The second kappa shape index (κ2) is 6.98. The molecule has 2 aromatic rings.